The topological polar surface area (TPSA) is 154 Å². The first kappa shape index (κ1) is 29.3. The molecule has 2 aromatic carbocycles. The number of benzene rings is 2. The van der Waals surface area contributed by atoms with Gasteiger partial charge in [0.25, 0.3) is 5.91 Å². The van der Waals surface area contributed by atoms with Crippen molar-refractivity contribution in [2.24, 2.45) is 7.05 Å². The van der Waals surface area contributed by atoms with Gasteiger partial charge < -0.3 is 26.0 Å². The van der Waals surface area contributed by atoms with Gasteiger partial charge in [-0.05, 0) is 48.9 Å². The van der Waals surface area contributed by atoms with Crippen LogP contribution in [-0.4, -0.2) is 68.2 Å². The normalized spacial score (nSPS) is 17.5. The van der Waals surface area contributed by atoms with Gasteiger partial charge in [0, 0.05) is 37.3 Å². The minimum atomic E-state index is -1.79. The number of aliphatic hydroxyl groups is 1. The predicted molar refractivity (Wildman–Crippen MR) is 132 cm³/mol. The highest BCUT2D eigenvalue weighted by atomic mass is 19.2. The Morgan fingerprint density at radius 3 is 2.38 bits per heavy atom. The molecule has 1 aliphatic rings. The maximum atomic E-state index is 14.7. The summed E-state index contributed by atoms with van der Waals surface area (Å²) >= 11 is 0. The van der Waals surface area contributed by atoms with E-state index in [4.69, 9.17) is 15.3 Å². The number of amides is 1. The number of aromatic nitrogens is 2. The van der Waals surface area contributed by atoms with E-state index in [1.54, 1.807) is 30.1 Å². The number of carbonyl (C=O) groups is 3. The third kappa shape index (κ3) is 7.88. The summed E-state index contributed by atoms with van der Waals surface area (Å²) in [7, 11) is 1.77. The lowest BCUT2D eigenvalue weighted by Crippen LogP contribution is -2.50. The van der Waals surface area contributed by atoms with E-state index in [0.29, 0.717) is 36.3 Å². The number of nitrogens with zero attached hydrogens (tertiary/aromatic N) is 2. The zero-order chi connectivity index (χ0) is 28.7. The molecule has 2 heterocycles. The number of carbonyl (C=O) groups excluding carboxylic acids is 1. The van der Waals surface area contributed by atoms with Crippen molar-refractivity contribution in [1.29, 1.82) is 0 Å². The van der Waals surface area contributed by atoms with E-state index >= 15 is 0 Å². The van der Waals surface area contributed by atoms with Crippen molar-refractivity contribution in [3.63, 3.8) is 0 Å². The van der Waals surface area contributed by atoms with Crippen LogP contribution in [0.4, 0.5) is 13.2 Å². The van der Waals surface area contributed by atoms with Gasteiger partial charge >= 0.3 is 11.9 Å². The van der Waals surface area contributed by atoms with Gasteiger partial charge in [-0.2, -0.15) is 5.10 Å². The lowest BCUT2D eigenvalue weighted by molar-refractivity contribution is -0.152. The molecule has 3 aromatic rings. The molecule has 1 saturated heterocycles. The molecule has 0 spiro atoms. The Morgan fingerprint density at radius 2 is 1.82 bits per heavy atom. The molecule has 3 atom stereocenters. The van der Waals surface area contributed by atoms with Gasteiger partial charge in [0.05, 0.1) is 17.7 Å². The van der Waals surface area contributed by atoms with Crippen molar-refractivity contribution in [1.82, 2.24) is 20.4 Å². The van der Waals surface area contributed by atoms with E-state index in [9.17, 15) is 27.6 Å². The SMILES string of the molecule is Cn1ccc(-c2ccc(C(=O)N[C@@H]3CNCC[C@H]3c3ccc(F)c(F)c3)c(F)c2)n1.O=C(O)C[C@@H](O)C(=O)O. The molecule has 0 saturated carbocycles. The molecular formula is C26H27F3N4O6. The van der Waals surface area contributed by atoms with Gasteiger partial charge in [-0.1, -0.05) is 12.1 Å². The second-order valence-corrected chi connectivity index (χ2v) is 8.87. The minimum Gasteiger partial charge on any atom is -0.481 e. The van der Waals surface area contributed by atoms with E-state index in [-0.39, 0.29) is 17.5 Å². The molecule has 1 aliphatic heterocycles. The second-order valence-electron chi connectivity index (χ2n) is 8.87. The molecule has 10 nitrogen and oxygen atoms in total. The van der Waals surface area contributed by atoms with Gasteiger partial charge in [-0.15, -0.1) is 0 Å². The lowest BCUT2D eigenvalue weighted by Gasteiger charge is -2.33. The van der Waals surface area contributed by atoms with Gasteiger partial charge in [0.15, 0.2) is 17.7 Å². The monoisotopic (exact) mass is 548 g/mol. The Morgan fingerprint density at radius 1 is 1.08 bits per heavy atom. The number of rotatable bonds is 7. The molecule has 0 unspecified atom stereocenters. The van der Waals surface area contributed by atoms with Gasteiger partial charge in [-0.3, -0.25) is 14.3 Å². The highest BCUT2D eigenvalue weighted by molar-refractivity contribution is 5.95. The molecule has 4 rings (SSSR count). The molecule has 1 fully saturated rings. The molecule has 39 heavy (non-hydrogen) atoms. The maximum absolute atomic E-state index is 14.7. The summed E-state index contributed by atoms with van der Waals surface area (Å²) in [4.78, 5) is 32.2. The average molecular weight is 549 g/mol. The second kappa shape index (κ2) is 13.0. The predicted octanol–water partition coefficient (Wildman–Crippen LogP) is 2.29. The number of piperidine rings is 1. The van der Waals surface area contributed by atoms with E-state index in [0.717, 1.165) is 12.1 Å². The van der Waals surface area contributed by atoms with Crippen LogP contribution >= 0.6 is 0 Å². The first-order valence-electron chi connectivity index (χ1n) is 11.8. The Kier molecular flexibility index (Phi) is 9.79. The number of carboxylic acids is 2. The van der Waals surface area contributed by atoms with Gasteiger partial charge in [0.2, 0.25) is 0 Å². The smallest absolute Gasteiger partial charge is 0.333 e. The first-order chi connectivity index (χ1) is 18.5. The van der Waals surface area contributed by atoms with Crippen molar-refractivity contribution in [2.45, 2.75) is 30.9 Å². The molecule has 1 amide bonds. The minimum absolute atomic E-state index is 0.0794. The van der Waals surface area contributed by atoms with Crippen molar-refractivity contribution >= 4 is 17.8 Å². The number of aliphatic hydroxyl groups excluding tert-OH is 1. The molecule has 0 bridgehead atoms. The van der Waals surface area contributed by atoms with Crippen LogP contribution < -0.4 is 10.6 Å². The highest BCUT2D eigenvalue weighted by Gasteiger charge is 2.29. The number of aryl methyl sites for hydroxylation is 1. The van der Waals surface area contributed by atoms with Crippen LogP contribution in [0.2, 0.25) is 0 Å². The van der Waals surface area contributed by atoms with Crippen LogP contribution in [0.25, 0.3) is 11.3 Å². The summed E-state index contributed by atoms with van der Waals surface area (Å²) < 4.78 is 43.3. The van der Waals surface area contributed by atoms with Crippen LogP contribution in [0.1, 0.15) is 34.7 Å². The Hall–Kier alpha value is -4.23. The van der Waals surface area contributed by atoms with E-state index in [1.165, 1.54) is 18.2 Å². The highest BCUT2D eigenvalue weighted by Crippen LogP contribution is 2.28. The number of hydrogen-bond acceptors (Lipinski definition) is 6. The number of hydrogen-bond donors (Lipinski definition) is 5. The average Bonchev–Trinajstić information content (AvgIpc) is 3.32. The number of aliphatic carboxylic acids is 2. The molecular weight excluding hydrogens is 521 g/mol. The number of halogens is 3. The standard InChI is InChI=1S/C22H21F3N4O.C4H6O5/c1-29-9-7-20(28-29)14-2-4-16(18(24)11-14)22(30)27-21-12-26-8-6-15(21)13-3-5-17(23)19(25)10-13;5-2(4(8)9)1-3(6)7/h2-5,7,9-11,15,21,26H,6,8,12H2,1H3,(H,27,30);2,5H,1H2,(H,6,7)(H,8,9)/t15-,21+;2-/m01/s1. The van der Waals surface area contributed by atoms with Crippen molar-refractivity contribution < 1.29 is 42.9 Å². The molecule has 5 N–H and O–H groups in total. The Bertz CT molecular complexity index is 1350. The summed E-state index contributed by atoms with van der Waals surface area (Å²) in [5.41, 5.74) is 1.71. The van der Waals surface area contributed by atoms with Crippen molar-refractivity contribution in [3.05, 3.63) is 77.2 Å². The van der Waals surface area contributed by atoms with Crippen LogP contribution in [0, 0.1) is 17.5 Å². The largest absolute Gasteiger partial charge is 0.481 e. The maximum Gasteiger partial charge on any atom is 0.333 e. The van der Waals surface area contributed by atoms with Crippen LogP contribution in [0.5, 0.6) is 0 Å². The molecule has 0 radical (unpaired) electrons. The fourth-order valence-corrected chi connectivity index (χ4v) is 4.08. The van der Waals surface area contributed by atoms with Crippen LogP contribution in [-0.2, 0) is 16.6 Å². The fourth-order valence-electron chi connectivity index (χ4n) is 4.08. The van der Waals surface area contributed by atoms with Crippen LogP contribution in [0.3, 0.4) is 0 Å². The molecule has 1 aromatic heterocycles. The third-order valence-electron chi connectivity index (χ3n) is 6.05. The van der Waals surface area contributed by atoms with E-state index in [1.807, 2.05) is 0 Å². The zero-order valence-corrected chi connectivity index (χ0v) is 20.8. The van der Waals surface area contributed by atoms with Crippen molar-refractivity contribution in [3.8, 4) is 11.3 Å². The Labute approximate surface area is 221 Å². The van der Waals surface area contributed by atoms with Crippen LogP contribution in [0.15, 0.2) is 48.7 Å². The first-order valence-corrected chi connectivity index (χ1v) is 11.8. The van der Waals surface area contributed by atoms with Crippen molar-refractivity contribution in [2.75, 3.05) is 13.1 Å². The van der Waals surface area contributed by atoms with Gasteiger partial charge in [0.1, 0.15) is 5.82 Å². The Balaban J connectivity index is 0.000000403. The zero-order valence-electron chi connectivity index (χ0n) is 20.8. The molecule has 13 heteroatoms. The number of carboxylic acid groups (broad SMARTS) is 2. The summed E-state index contributed by atoms with van der Waals surface area (Å²) in [6, 6.07) is 9.50. The molecule has 208 valence electrons. The van der Waals surface area contributed by atoms with E-state index in [2.05, 4.69) is 15.7 Å². The summed E-state index contributed by atoms with van der Waals surface area (Å²) in [6.45, 7) is 1.13. The van der Waals surface area contributed by atoms with E-state index < -0.39 is 47.8 Å². The summed E-state index contributed by atoms with van der Waals surface area (Å²) in [5.74, 6) is -6.09. The summed E-state index contributed by atoms with van der Waals surface area (Å²) in [6.07, 6.45) is -0.156. The molecule has 0 aliphatic carbocycles. The third-order valence-corrected chi connectivity index (χ3v) is 6.05. The summed E-state index contributed by atoms with van der Waals surface area (Å²) in [5, 5.41) is 34.4. The van der Waals surface area contributed by atoms with Gasteiger partial charge in [-0.25, -0.2) is 18.0 Å². The quantitative estimate of drug-likeness (QED) is 0.301. The lowest BCUT2D eigenvalue weighted by atomic mass is 9.85. The fraction of sp³-hybridized carbons (Fsp3) is 0.308. The number of nitrogens with one attached hydrogen (secondary N) is 2.